The van der Waals surface area contributed by atoms with Crippen LogP contribution in [0.4, 0.5) is 0 Å². The summed E-state index contributed by atoms with van der Waals surface area (Å²) in [5.74, 6) is 0. The second-order valence-electron chi connectivity index (χ2n) is 2.39. The van der Waals surface area contributed by atoms with Gasteiger partial charge in [-0.15, -0.1) is 30.5 Å². The zero-order valence-electron chi connectivity index (χ0n) is 8.13. The maximum absolute atomic E-state index is 3.72. The summed E-state index contributed by atoms with van der Waals surface area (Å²) in [4.78, 5) is 2.74. The van der Waals surface area contributed by atoms with E-state index in [1.165, 1.54) is 0 Å². The summed E-state index contributed by atoms with van der Waals surface area (Å²) in [6, 6.07) is 3.71. The summed E-state index contributed by atoms with van der Waals surface area (Å²) in [5, 5.41) is 0. The Balaban J connectivity index is -0.000000165. The first-order chi connectivity index (χ1) is 5.80. The average molecular weight is 276 g/mol. The van der Waals surface area contributed by atoms with Gasteiger partial charge in [-0.25, -0.2) is 0 Å². The van der Waals surface area contributed by atoms with Crippen molar-refractivity contribution >= 4 is 0 Å². The van der Waals surface area contributed by atoms with E-state index in [1.807, 2.05) is 36.6 Å². The Morgan fingerprint density at radius 1 is 1.33 bits per heavy atom. The maximum Gasteiger partial charge on any atom is 4.00 e. The Bertz CT molecular complexity index is 285. The van der Waals surface area contributed by atoms with Gasteiger partial charge in [0.2, 0.25) is 0 Å². The molecule has 2 rings (SSSR count). The monoisotopic (exact) mass is 275 g/mol. The standard InChI is InChI=1S/C7H7.C4H4N.2ClH.Ti/c1-6-4-3-5-7(6)2;1-2-4-5-3-1;;;/h3-5H,1-2H2;1-3,5H;2*1H;/q2*-1;;;+4/p-2. The summed E-state index contributed by atoms with van der Waals surface area (Å²) < 4.78 is 0. The largest absolute Gasteiger partial charge is 4.00 e. The molecule has 1 N–H and O–H groups in total. The van der Waals surface area contributed by atoms with Gasteiger partial charge in [0.1, 0.15) is 0 Å². The maximum atomic E-state index is 3.72. The molecule has 0 saturated heterocycles. The summed E-state index contributed by atoms with van der Waals surface area (Å²) in [5.41, 5.74) is 2.06. The minimum Gasteiger partial charge on any atom is -1.00 e. The number of halogens is 2. The molecular weight excluding hydrogens is 265 g/mol. The van der Waals surface area contributed by atoms with Crippen LogP contribution in [0.1, 0.15) is 0 Å². The van der Waals surface area contributed by atoms with E-state index in [2.05, 4.69) is 24.7 Å². The molecule has 0 fully saturated rings. The van der Waals surface area contributed by atoms with Gasteiger partial charge in [0.05, 0.1) is 0 Å². The molecule has 1 aliphatic carbocycles. The van der Waals surface area contributed by atoms with E-state index in [-0.39, 0.29) is 46.5 Å². The molecule has 1 aromatic heterocycles. The van der Waals surface area contributed by atoms with Crippen LogP contribution in [-0.2, 0) is 21.7 Å². The van der Waals surface area contributed by atoms with Crippen LogP contribution in [0.5, 0.6) is 0 Å². The predicted molar refractivity (Wildman–Crippen MR) is 51.3 cm³/mol. The third-order valence-corrected chi connectivity index (χ3v) is 1.45. The molecule has 0 atom stereocenters. The Kier molecular flexibility index (Phi) is 15.7. The van der Waals surface area contributed by atoms with Gasteiger partial charge in [-0.3, -0.25) is 0 Å². The topological polar surface area (TPSA) is 15.8 Å². The van der Waals surface area contributed by atoms with Crippen molar-refractivity contribution in [2.45, 2.75) is 0 Å². The third-order valence-electron chi connectivity index (χ3n) is 1.45. The quantitative estimate of drug-likeness (QED) is 0.377. The van der Waals surface area contributed by atoms with Crippen molar-refractivity contribution in [3.63, 3.8) is 0 Å². The molecule has 0 bridgehead atoms. The molecule has 1 aromatic rings. The van der Waals surface area contributed by atoms with Gasteiger partial charge in [0.15, 0.2) is 0 Å². The summed E-state index contributed by atoms with van der Waals surface area (Å²) in [6.45, 7) is 7.44. The first-order valence-electron chi connectivity index (χ1n) is 3.70. The number of allylic oxidation sites excluding steroid dienone is 5. The Morgan fingerprint density at radius 3 is 2.13 bits per heavy atom. The van der Waals surface area contributed by atoms with E-state index in [9.17, 15) is 0 Å². The minimum absolute atomic E-state index is 0. The molecule has 15 heavy (non-hydrogen) atoms. The molecule has 0 unspecified atom stereocenters. The molecule has 78 valence electrons. The minimum atomic E-state index is 0. The van der Waals surface area contributed by atoms with Crippen LogP contribution in [0.3, 0.4) is 0 Å². The average Bonchev–Trinajstić information content (AvgIpc) is 2.67. The SMILES string of the molecule is C=C1C=CC=C1[CH2-].[Cl-].[Cl-].[Ti+4].[c-]1ccc[nH]1. The van der Waals surface area contributed by atoms with Crippen molar-refractivity contribution < 1.29 is 46.5 Å². The van der Waals surface area contributed by atoms with Gasteiger partial charge in [-0.1, -0.05) is 0 Å². The van der Waals surface area contributed by atoms with Gasteiger partial charge in [0, 0.05) is 0 Å². The number of aromatic nitrogens is 1. The number of aromatic amines is 1. The predicted octanol–water partition coefficient (Wildman–Crippen LogP) is -3.31. The van der Waals surface area contributed by atoms with Crippen molar-refractivity contribution in [1.82, 2.24) is 4.98 Å². The molecule has 1 heterocycles. The fourth-order valence-corrected chi connectivity index (χ4v) is 0.735. The van der Waals surface area contributed by atoms with Crippen LogP contribution in [0.15, 0.2) is 54.3 Å². The molecule has 1 aliphatic rings. The van der Waals surface area contributed by atoms with Crippen LogP contribution in [0.25, 0.3) is 0 Å². The van der Waals surface area contributed by atoms with E-state index in [1.54, 1.807) is 0 Å². The van der Waals surface area contributed by atoms with E-state index in [4.69, 9.17) is 0 Å². The Hall–Kier alpha value is -0.336. The van der Waals surface area contributed by atoms with Crippen LogP contribution in [-0.4, -0.2) is 4.98 Å². The van der Waals surface area contributed by atoms with Crippen LogP contribution >= 0.6 is 0 Å². The van der Waals surface area contributed by atoms with E-state index < -0.39 is 0 Å². The number of hydrogen-bond acceptors (Lipinski definition) is 0. The van der Waals surface area contributed by atoms with Crippen LogP contribution in [0, 0.1) is 13.1 Å². The molecule has 0 radical (unpaired) electrons. The molecule has 0 saturated carbocycles. The number of hydrogen-bond donors (Lipinski definition) is 1. The first kappa shape index (κ1) is 20.1. The number of nitrogens with one attached hydrogen (secondary N) is 1. The van der Waals surface area contributed by atoms with Crippen LogP contribution < -0.4 is 24.8 Å². The van der Waals surface area contributed by atoms with Crippen molar-refractivity contribution in [2.75, 3.05) is 0 Å². The second-order valence-corrected chi connectivity index (χ2v) is 2.39. The van der Waals surface area contributed by atoms with Crippen molar-refractivity contribution in [1.29, 1.82) is 0 Å². The molecular formula is C11H11Cl2NTi. The normalized spacial score (nSPS) is 10.9. The Morgan fingerprint density at radius 2 is 2.00 bits per heavy atom. The first-order valence-corrected chi connectivity index (χ1v) is 3.70. The molecule has 4 heteroatoms. The fourth-order valence-electron chi connectivity index (χ4n) is 0.735. The van der Waals surface area contributed by atoms with Gasteiger partial charge < -0.3 is 29.8 Å². The molecule has 0 spiro atoms. The fraction of sp³-hybridized carbons (Fsp3) is 0. The summed E-state index contributed by atoms with van der Waals surface area (Å²) in [7, 11) is 0. The second kappa shape index (κ2) is 11.7. The van der Waals surface area contributed by atoms with E-state index in [0.29, 0.717) is 0 Å². The zero-order valence-corrected chi connectivity index (χ0v) is 11.2. The van der Waals surface area contributed by atoms with Gasteiger partial charge in [0.25, 0.3) is 0 Å². The molecule has 0 amide bonds. The van der Waals surface area contributed by atoms with Crippen molar-refractivity contribution in [3.8, 4) is 0 Å². The zero-order chi connectivity index (χ0) is 8.81. The summed E-state index contributed by atoms with van der Waals surface area (Å²) >= 11 is 0. The third kappa shape index (κ3) is 8.65. The van der Waals surface area contributed by atoms with Crippen molar-refractivity contribution in [2.24, 2.45) is 0 Å². The van der Waals surface area contributed by atoms with E-state index in [0.717, 1.165) is 11.1 Å². The van der Waals surface area contributed by atoms with Gasteiger partial charge in [-0.2, -0.15) is 36.9 Å². The van der Waals surface area contributed by atoms with E-state index >= 15 is 0 Å². The Labute approximate surface area is 118 Å². The van der Waals surface area contributed by atoms with Crippen LogP contribution in [0.2, 0.25) is 0 Å². The van der Waals surface area contributed by atoms with Gasteiger partial charge >= 0.3 is 21.7 Å². The summed E-state index contributed by atoms with van der Waals surface area (Å²) in [6.07, 6.45) is 10.4. The van der Waals surface area contributed by atoms with Crippen molar-refractivity contribution in [3.05, 3.63) is 67.4 Å². The van der Waals surface area contributed by atoms with Gasteiger partial charge in [-0.05, 0) is 0 Å². The molecule has 0 aliphatic heterocycles. The number of rotatable bonds is 0. The molecule has 0 aromatic carbocycles. The number of H-pyrrole nitrogens is 1. The molecule has 1 nitrogen and oxygen atoms in total. The smallest absolute Gasteiger partial charge is 1.00 e.